The third kappa shape index (κ3) is 8.61. The van der Waals surface area contributed by atoms with Crippen LogP contribution in [0.5, 0.6) is 5.88 Å². The maximum Gasteiger partial charge on any atom is 0.280 e. The van der Waals surface area contributed by atoms with E-state index in [4.69, 9.17) is 19.0 Å². The van der Waals surface area contributed by atoms with E-state index in [0.717, 1.165) is 32.4 Å². The summed E-state index contributed by atoms with van der Waals surface area (Å²) in [6.45, 7) is 2.05. The average molecular weight is 654 g/mol. The normalized spacial score (nSPS) is 20.6. The van der Waals surface area contributed by atoms with Crippen LogP contribution < -0.4 is 15.4 Å². The van der Waals surface area contributed by atoms with Crippen LogP contribution >= 0.6 is 23.7 Å². The van der Waals surface area contributed by atoms with Crippen molar-refractivity contribution in [2.75, 3.05) is 45.0 Å². The van der Waals surface area contributed by atoms with Crippen LogP contribution in [0, 0.1) is 0 Å². The first-order valence-electron chi connectivity index (χ1n) is 13.9. The van der Waals surface area contributed by atoms with E-state index in [2.05, 4.69) is 25.8 Å². The van der Waals surface area contributed by atoms with Gasteiger partial charge in [-0.2, -0.15) is 0 Å². The van der Waals surface area contributed by atoms with Gasteiger partial charge in [0.1, 0.15) is 22.6 Å². The Morgan fingerprint density at radius 3 is 2.56 bits per heavy atom. The van der Waals surface area contributed by atoms with Crippen LogP contribution in [0.1, 0.15) is 37.7 Å². The number of thiazole rings is 1. The standard InChI is InChI=1S/C28H35N5O7S2.ClH/c1-37-14-3-15-42(35,36)22-8-4-18(5-9-22)25(33-40-20-7-6-19(16-20)38-2)26(34)32-28-30-23-10-11-24(31-27(23)41-28)39-21-12-13-29-17-21;/h4-5,8-11,19-21,29H,3,6-7,12-17H2,1-2H3,(H,30,32,34);1H/b33-25+;/t19-,20-,21-;/m1./s1. The molecule has 0 spiro atoms. The van der Waals surface area contributed by atoms with Crippen LogP contribution in [-0.2, 0) is 28.9 Å². The summed E-state index contributed by atoms with van der Waals surface area (Å²) in [6, 6.07) is 9.63. The lowest BCUT2D eigenvalue weighted by atomic mass is 10.1. The number of amides is 1. The van der Waals surface area contributed by atoms with Crippen LogP contribution in [-0.4, -0.2) is 88.0 Å². The highest BCUT2D eigenvalue weighted by atomic mass is 35.5. The number of rotatable bonds is 13. The second-order valence-corrected chi connectivity index (χ2v) is 13.3. The number of methoxy groups -OCH3 is 2. The minimum Gasteiger partial charge on any atom is -0.473 e. The van der Waals surface area contributed by atoms with Crippen molar-refractivity contribution >= 4 is 60.7 Å². The molecule has 0 unspecified atom stereocenters. The fraction of sp³-hybridized carbons (Fsp3) is 0.500. The van der Waals surface area contributed by atoms with Crippen LogP contribution in [0.3, 0.4) is 0 Å². The summed E-state index contributed by atoms with van der Waals surface area (Å²) in [5.74, 6) is -0.0700. The van der Waals surface area contributed by atoms with Crippen LogP contribution in [0.4, 0.5) is 5.13 Å². The van der Waals surface area contributed by atoms with E-state index in [9.17, 15) is 13.2 Å². The second-order valence-electron chi connectivity index (χ2n) is 10.2. The Kier molecular flexibility index (Phi) is 11.7. The van der Waals surface area contributed by atoms with E-state index in [1.165, 1.54) is 30.6 Å². The first-order chi connectivity index (χ1) is 20.3. The number of carbonyl (C=O) groups excluding carboxylic acids is 1. The molecule has 2 aromatic heterocycles. The third-order valence-corrected chi connectivity index (χ3v) is 9.88. The van der Waals surface area contributed by atoms with Crippen LogP contribution in [0.2, 0.25) is 0 Å². The van der Waals surface area contributed by atoms with Gasteiger partial charge in [-0.25, -0.2) is 18.4 Å². The fourth-order valence-electron chi connectivity index (χ4n) is 4.87. The van der Waals surface area contributed by atoms with Gasteiger partial charge < -0.3 is 24.4 Å². The molecule has 2 aliphatic rings. The van der Waals surface area contributed by atoms with Crippen molar-refractivity contribution in [1.82, 2.24) is 15.3 Å². The van der Waals surface area contributed by atoms with Gasteiger partial charge >= 0.3 is 0 Å². The average Bonchev–Trinajstić information content (AvgIpc) is 3.75. The van der Waals surface area contributed by atoms with Gasteiger partial charge in [0, 0.05) is 45.4 Å². The van der Waals surface area contributed by atoms with E-state index in [1.54, 1.807) is 25.3 Å². The van der Waals surface area contributed by atoms with Crippen molar-refractivity contribution in [2.45, 2.75) is 55.3 Å². The van der Waals surface area contributed by atoms with E-state index in [-0.39, 0.29) is 47.1 Å². The van der Waals surface area contributed by atoms with Crippen molar-refractivity contribution in [3.63, 3.8) is 0 Å². The van der Waals surface area contributed by atoms with Crippen molar-refractivity contribution in [3.05, 3.63) is 42.0 Å². The van der Waals surface area contributed by atoms with E-state index in [1.807, 2.05) is 6.07 Å². The zero-order valence-corrected chi connectivity index (χ0v) is 26.4. The second kappa shape index (κ2) is 15.2. The zero-order chi connectivity index (χ0) is 29.5. The number of fused-ring (bicyclic) bond motifs is 1. The van der Waals surface area contributed by atoms with Crippen LogP contribution in [0.25, 0.3) is 10.3 Å². The maximum absolute atomic E-state index is 13.5. The monoisotopic (exact) mass is 653 g/mol. The summed E-state index contributed by atoms with van der Waals surface area (Å²) < 4.78 is 41.7. The predicted octanol–water partition coefficient (Wildman–Crippen LogP) is 3.59. The van der Waals surface area contributed by atoms with E-state index in [0.29, 0.717) is 46.4 Å². The molecule has 1 aliphatic carbocycles. The molecule has 2 N–H and O–H groups in total. The van der Waals surface area contributed by atoms with Crippen molar-refractivity contribution in [1.29, 1.82) is 0 Å². The lowest BCUT2D eigenvalue weighted by molar-refractivity contribution is -0.110. The molecule has 0 bridgehead atoms. The van der Waals surface area contributed by atoms with Gasteiger partial charge in [0.05, 0.1) is 16.8 Å². The van der Waals surface area contributed by atoms with Crippen LogP contribution in [0.15, 0.2) is 46.4 Å². The number of hydrogen-bond acceptors (Lipinski definition) is 12. The first kappa shape index (κ1) is 33.0. The minimum atomic E-state index is -3.50. The van der Waals surface area contributed by atoms with Gasteiger partial charge in [0.15, 0.2) is 20.7 Å². The number of anilines is 1. The summed E-state index contributed by atoms with van der Waals surface area (Å²) in [5.41, 5.74) is 1.04. The molecule has 234 valence electrons. The first-order valence-corrected chi connectivity index (χ1v) is 16.4. The predicted molar refractivity (Wildman–Crippen MR) is 166 cm³/mol. The Balaban J connectivity index is 0.00000423. The topological polar surface area (TPSA) is 150 Å². The molecule has 15 heteroatoms. The number of nitrogens with one attached hydrogen (secondary N) is 2. The summed E-state index contributed by atoms with van der Waals surface area (Å²) in [5, 5.41) is 10.6. The molecular weight excluding hydrogens is 618 g/mol. The highest BCUT2D eigenvalue weighted by molar-refractivity contribution is 7.91. The number of nitrogens with zero attached hydrogens (tertiary/aromatic N) is 3. The number of aromatic nitrogens is 2. The smallest absolute Gasteiger partial charge is 0.280 e. The number of sulfone groups is 1. The Bertz CT molecular complexity index is 1510. The Hall–Kier alpha value is -2.88. The number of oxime groups is 1. The summed E-state index contributed by atoms with van der Waals surface area (Å²) in [6.07, 6.45) is 3.52. The van der Waals surface area contributed by atoms with Gasteiger partial charge in [-0.15, -0.1) is 12.4 Å². The summed E-state index contributed by atoms with van der Waals surface area (Å²) in [4.78, 5) is 29.1. The lowest BCUT2D eigenvalue weighted by Crippen LogP contribution is -2.25. The Morgan fingerprint density at radius 2 is 1.86 bits per heavy atom. The molecule has 0 radical (unpaired) electrons. The number of carbonyl (C=O) groups is 1. The van der Waals surface area contributed by atoms with Gasteiger partial charge in [-0.3, -0.25) is 10.1 Å². The highest BCUT2D eigenvalue weighted by Crippen LogP contribution is 2.28. The molecule has 43 heavy (non-hydrogen) atoms. The van der Waals surface area contributed by atoms with Crippen molar-refractivity contribution in [2.24, 2.45) is 5.16 Å². The van der Waals surface area contributed by atoms with E-state index < -0.39 is 15.7 Å². The highest BCUT2D eigenvalue weighted by Gasteiger charge is 2.27. The number of hydrogen-bond donors (Lipinski definition) is 2. The number of ether oxygens (including phenoxy) is 3. The minimum absolute atomic E-state index is 0. The Labute approximate surface area is 260 Å². The lowest BCUT2D eigenvalue weighted by Gasteiger charge is -2.12. The number of benzene rings is 1. The molecule has 1 aromatic carbocycles. The largest absolute Gasteiger partial charge is 0.473 e. The van der Waals surface area contributed by atoms with Gasteiger partial charge in [0.25, 0.3) is 5.91 Å². The molecule has 1 saturated carbocycles. The van der Waals surface area contributed by atoms with Gasteiger partial charge in [0.2, 0.25) is 5.88 Å². The molecule has 3 aromatic rings. The molecule has 3 atom stereocenters. The van der Waals surface area contributed by atoms with Crippen molar-refractivity contribution < 1.29 is 32.3 Å². The number of halogens is 1. The molecule has 3 heterocycles. The molecule has 1 amide bonds. The zero-order valence-electron chi connectivity index (χ0n) is 24.0. The molecule has 5 rings (SSSR count). The summed E-state index contributed by atoms with van der Waals surface area (Å²) >= 11 is 1.22. The van der Waals surface area contributed by atoms with E-state index >= 15 is 0 Å². The quantitative estimate of drug-likeness (QED) is 0.159. The molecular formula is C28H36ClN5O7S2. The SMILES string of the molecule is COCCCS(=O)(=O)c1ccc(/C(=N\O[C@@H]2CC[C@@H](OC)C2)C(=O)Nc2nc3ccc(O[C@@H]4CCNC4)nc3s2)cc1.Cl. The Morgan fingerprint density at radius 1 is 1.07 bits per heavy atom. The molecule has 2 fully saturated rings. The summed E-state index contributed by atoms with van der Waals surface area (Å²) in [7, 11) is -0.309. The maximum atomic E-state index is 13.5. The molecule has 1 saturated heterocycles. The number of pyridine rings is 1. The third-order valence-electron chi connectivity index (χ3n) is 7.18. The van der Waals surface area contributed by atoms with Crippen molar-refractivity contribution in [3.8, 4) is 5.88 Å². The molecule has 12 nitrogen and oxygen atoms in total. The van der Waals surface area contributed by atoms with Gasteiger partial charge in [-0.1, -0.05) is 28.6 Å². The van der Waals surface area contributed by atoms with Gasteiger partial charge in [-0.05, 0) is 50.4 Å². The fourth-order valence-corrected chi connectivity index (χ4v) is 6.98. The molecule has 1 aliphatic heterocycles.